The summed E-state index contributed by atoms with van der Waals surface area (Å²) in [4.78, 5) is 16.1. The van der Waals surface area contributed by atoms with Crippen molar-refractivity contribution in [3.63, 3.8) is 0 Å². The minimum atomic E-state index is -4.47. The summed E-state index contributed by atoms with van der Waals surface area (Å²) < 4.78 is 43.8. The van der Waals surface area contributed by atoms with E-state index < -0.39 is 11.7 Å². The fraction of sp³-hybridized carbons (Fsp3) is 0.294. The van der Waals surface area contributed by atoms with Gasteiger partial charge in [-0.1, -0.05) is 13.0 Å². The van der Waals surface area contributed by atoms with Crippen LogP contribution >= 0.6 is 0 Å². The normalized spacial score (nSPS) is 11.1. The molecular weight excluding hydrogens is 335 g/mol. The molecule has 1 heterocycles. The lowest BCUT2D eigenvalue weighted by molar-refractivity contribution is -0.137. The van der Waals surface area contributed by atoms with Crippen LogP contribution in [0.4, 0.5) is 18.9 Å². The van der Waals surface area contributed by atoms with Crippen LogP contribution in [0, 0.1) is 0 Å². The van der Waals surface area contributed by atoms with Crippen molar-refractivity contribution in [1.82, 2.24) is 10.3 Å². The number of carbonyl (C=O) groups excluding carboxylic acids is 1. The number of nitrogens with one attached hydrogen (secondary N) is 2. The summed E-state index contributed by atoms with van der Waals surface area (Å²) in [6, 6.07) is 7.49. The number of hydrogen-bond donors (Lipinski definition) is 2. The first-order valence-corrected chi connectivity index (χ1v) is 7.66. The highest BCUT2D eigenvalue weighted by molar-refractivity contribution is 5.93. The molecule has 0 spiro atoms. The Morgan fingerprint density at radius 2 is 2.00 bits per heavy atom. The number of halogens is 3. The molecule has 0 aliphatic heterocycles. The van der Waals surface area contributed by atoms with Crippen molar-refractivity contribution in [2.45, 2.75) is 19.5 Å². The van der Waals surface area contributed by atoms with E-state index in [4.69, 9.17) is 4.74 Å². The van der Waals surface area contributed by atoms with Gasteiger partial charge in [0, 0.05) is 25.3 Å². The molecule has 1 amide bonds. The van der Waals surface area contributed by atoms with Gasteiger partial charge in [0.15, 0.2) is 0 Å². The third kappa shape index (κ3) is 5.10. The number of benzene rings is 1. The van der Waals surface area contributed by atoms with Gasteiger partial charge in [-0.05, 0) is 30.7 Å². The van der Waals surface area contributed by atoms with Gasteiger partial charge < -0.3 is 15.4 Å². The Kier molecular flexibility index (Phi) is 5.84. The Labute approximate surface area is 143 Å². The molecule has 0 aliphatic rings. The minimum Gasteiger partial charge on any atom is -0.439 e. The lowest BCUT2D eigenvalue weighted by Crippen LogP contribution is -2.25. The maximum atomic E-state index is 12.8. The predicted molar refractivity (Wildman–Crippen MR) is 87.9 cm³/mol. The Morgan fingerprint density at radius 3 is 2.64 bits per heavy atom. The van der Waals surface area contributed by atoms with Crippen molar-refractivity contribution in [3.05, 3.63) is 47.7 Å². The van der Waals surface area contributed by atoms with Crippen LogP contribution in [0.2, 0.25) is 0 Å². The van der Waals surface area contributed by atoms with Crippen LogP contribution in [-0.4, -0.2) is 24.5 Å². The van der Waals surface area contributed by atoms with Crippen molar-refractivity contribution in [3.8, 4) is 11.6 Å². The topological polar surface area (TPSA) is 63.2 Å². The van der Waals surface area contributed by atoms with E-state index in [1.165, 1.54) is 24.3 Å². The molecule has 0 aliphatic carbocycles. The predicted octanol–water partition coefficient (Wildman–Crippen LogP) is 4.07. The summed E-state index contributed by atoms with van der Waals surface area (Å²) in [7, 11) is 1.65. The molecule has 0 saturated carbocycles. The summed E-state index contributed by atoms with van der Waals surface area (Å²) in [5.41, 5.74) is -0.156. The number of anilines is 1. The van der Waals surface area contributed by atoms with Gasteiger partial charge in [-0.15, -0.1) is 0 Å². The number of ether oxygens (including phenoxy) is 1. The number of hydrogen-bond acceptors (Lipinski definition) is 4. The summed E-state index contributed by atoms with van der Waals surface area (Å²) in [6.45, 7) is 2.41. The molecule has 8 heteroatoms. The van der Waals surface area contributed by atoms with E-state index in [1.807, 2.05) is 6.92 Å². The molecule has 5 nitrogen and oxygen atoms in total. The van der Waals surface area contributed by atoms with Gasteiger partial charge in [0.2, 0.25) is 5.88 Å². The fourth-order valence-corrected chi connectivity index (χ4v) is 2.00. The zero-order valence-electron chi connectivity index (χ0n) is 13.8. The molecular formula is C17H18F3N3O2. The SMILES string of the molecule is CCCNC(=O)c1cc(NC)cc(Oc2cccc(C(F)(F)F)c2)n1. The van der Waals surface area contributed by atoms with E-state index in [1.54, 1.807) is 7.05 Å². The summed E-state index contributed by atoms with van der Waals surface area (Å²) >= 11 is 0. The minimum absolute atomic E-state index is 0.0181. The number of aromatic nitrogens is 1. The molecule has 1 aromatic carbocycles. The molecule has 134 valence electrons. The number of nitrogens with zero attached hydrogens (tertiary/aromatic N) is 1. The summed E-state index contributed by atoms with van der Waals surface area (Å²) in [6.07, 6.45) is -3.70. The Balaban J connectivity index is 2.28. The molecule has 2 N–H and O–H groups in total. The number of alkyl halides is 3. The molecule has 0 atom stereocenters. The van der Waals surface area contributed by atoms with E-state index in [0.29, 0.717) is 12.2 Å². The number of amides is 1. The second-order valence-corrected chi connectivity index (χ2v) is 5.21. The van der Waals surface area contributed by atoms with E-state index >= 15 is 0 Å². The third-order valence-electron chi connectivity index (χ3n) is 3.24. The quantitative estimate of drug-likeness (QED) is 0.822. The Bertz CT molecular complexity index is 748. The molecule has 0 fully saturated rings. The van der Waals surface area contributed by atoms with Crippen molar-refractivity contribution in [2.75, 3.05) is 18.9 Å². The number of carbonyl (C=O) groups is 1. The van der Waals surface area contributed by atoms with Gasteiger partial charge >= 0.3 is 6.18 Å². The maximum Gasteiger partial charge on any atom is 0.416 e. The van der Waals surface area contributed by atoms with Crippen LogP contribution in [0.5, 0.6) is 11.6 Å². The zero-order chi connectivity index (χ0) is 18.4. The van der Waals surface area contributed by atoms with Crippen LogP contribution in [0.3, 0.4) is 0 Å². The van der Waals surface area contributed by atoms with Crippen LogP contribution in [0.1, 0.15) is 29.4 Å². The molecule has 25 heavy (non-hydrogen) atoms. The first-order chi connectivity index (χ1) is 11.8. The lowest BCUT2D eigenvalue weighted by Gasteiger charge is -2.12. The Morgan fingerprint density at radius 1 is 1.24 bits per heavy atom. The lowest BCUT2D eigenvalue weighted by atomic mass is 10.2. The monoisotopic (exact) mass is 353 g/mol. The van der Waals surface area contributed by atoms with Crippen LogP contribution in [0.25, 0.3) is 0 Å². The van der Waals surface area contributed by atoms with Gasteiger partial charge in [0.25, 0.3) is 5.91 Å². The summed E-state index contributed by atoms with van der Waals surface area (Å²) in [5.74, 6) is -0.379. The molecule has 0 bridgehead atoms. The van der Waals surface area contributed by atoms with Gasteiger partial charge in [-0.25, -0.2) is 4.98 Å². The Hall–Kier alpha value is -2.77. The van der Waals surface area contributed by atoms with E-state index in [9.17, 15) is 18.0 Å². The number of pyridine rings is 1. The number of rotatable bonds is 6. The smallest absolute Gasteiger partial charge is 0.416 e. The van der Waals surface area contributed by atoms with E-state index in [0.717, 1.165) is 18.6 Å². The van der Waals surface area contributed by atoms with Crippen LogP contribution in [-0.2, 0) is 6.18 Å². The highest BCUT2D eigenvalue weighted by Gasteiger charge is 2.30. The van der Waals surface area contributed by atoms with E-state index in [-0.39, 0.29) is 23.2 Å². The average Bonchev–Trinajstić information content (AvgIpc) is 2.58. The maximum absolute atomic E-state index is 12.8. The molecule has 2 rings (SSSR count). The first kappa shape index (κ1) is 18.6. The molecule has 0 unspecified atom stereocenters. The van der Waals surface area contributed by atoms with Gasteiger partial charge in [-0.2, -0.15) is 13.2 Å². The summed E-state index contributed by atoms with van der Waals surface area (Å²) in [5, 5.41) is 5.55. The van der Waals surface area contributed by atoms with E-state index in [2.05, 4.69) is 15.6 Å². The van der Waals surface area contributed by atoms with Crippen molar-refractivity contribution in [2.24, 2.45) is 0 Å². The zero-order valence-corrected chi connectivity index (χ0v) is 13.8. The molecule has 1 aromatic heterocycles. The second-order valence-electron chi connectivity index (χ2n) is 5.21. The van der Waals surface area contributed by atoms with Gasteiger partial charge in [0.1, 0.15) is 11.4 Å². The average molecular weight is 353 g/mol. The standard InChI is InChI=1S/C17H18F3N3O2/c1-3-7-22-16(24)14-9-12(21-2)10-15(23-14)25-13-6-4-5-11(8-13)17(18,19)20/h4-6,8-10H,3,7H2,1-2H3,(H,21,23)(H,22,24). The van der Waals surface area contributed by atoms with Gasteiger partial charge in [-0.3, -0.25) is 4.79 Å². The molecule has 0 saturated heterocycles. The van der Waals surface area contributed by atoms with Crippen LogP contribution in [0.15, 0.2) is 36.4 Å². The molecule has 0 radical (unpaired) electrons. The second kappa shape index (κ2) is 7.87. The van der Waals surface area contributed by atoms with Crippen molar-refractivity contribution in [1.29, 1.82) is 0 Å². The van der Waals surface area contributed by atoms with Crippen molar-refractivity contribution >= 4 is 11.6 Å². The highest BCUT2D eigenvalue weighted by Crippen LogP contribution is 2.32. The highest BCUT2D eigenvalue weighted by atomic mass is 19.4. The molecule has 2 aromatic rings. The fourth-order valence-electron chi connectivity index (χ4n) is 2.00. The van der Waals surface area contributed by atoms with Gasteiger partial charge in [0.05, 0.1) is 5.56 Å². The van der Waals surface area contributed by atoms with Crippen molar-refractivity contribution < 1.29 is 22.7 Å². The first-order valence-electron chi connectivity index (χ1n) is 7.66. The largest absolute Gasteiger partial charge is 0.439 e. The van der Waals surface area contributed by atoms with Crippen LogP contribution < -0.4 is 15.4 Å². The third-order valence-corrected chi connectivity index (χ3v) is 3.24.